The Hall–Kier alpha value is -17.4. The first-order chi connectivity index (χ1) is 63.3. The van der Waals surface area contributed by atoms with Gasteiger partial charge in [0.05, 0.1) is 69.9 Å². The maximum atomic E-state index is 7.97. The largest absolute Gasteiger partial charge is 0.465 e. The molecule has 0 unspecified atom stereocenters. The predicted octanol–water partition coefficient (Wildman–Crippen LogP) is 34.3. The third-order valence-corrected chi connectivity index (χ3v) is 26.2. The first-order valence-electron chi connectivity index (χ1n) is 43.1. The van der Waals surface area contributed by atoms with E-state index in [1.807, 2.05) is 97.1 Å². The first kappa shape index (κ1) is 74.3. The number of para-hydroxylation sites is 7. The molecule has 0 radical (unpaired) electrons. The van der Waals surface area contributed by atoms with Crippen LogP contribution in [0.1, 0.15) is 33.4 Å². The van der Waals surface area contributed by atoms with Gasteiger partial charge < -0.3 is 40.2 Å². The molecule has 0 fully saturated rings. The van der Waals surface area contributed by atoms with E-state index >= 15 is 0 Å². The maximum Gasteiger partial charge on any atom is 0.229 e. The van der Waals surface area contributed by atoms with Crippen LogP contribution in [0, 0.1) is 61.3 Å². The van der Waals surface area contributed by atoms with Gasteiger partial charge in [0.1, 0.15) is 50.2 Å². The second-order valence-electron chi connectivity index (χ2n) is 34.1. The van der Waals surface area contributed by atoms with Gasteiger partial charge in [0.15, 0.2) is 16.7 Å². The highest BCUT2D eigenvalue weighted by atomic mass is 16.4. The van der Waals surface area contributed by atoms with Crippen molar-refractivity contribution < 1.29 is 26.5 Å². The van der Waals surface area contributed by atoms with Gasteiger partial charge in [-0.2, -0.15) is 0 Å². The van der Waals surface area contributed by atoms with Gasteiger partial charge in [0.2, 0.25) is 17.1 Å². The topological polar surface area (TPSA) is 107 Å². The normalized spacial score (nSPS) is 11.9. The lowest BCUT2D eigenvalue weighted by atomic mass is 9.97. The van der Waals surface area contributed by atoms with Gasteiger partial charge in [-0.05, 0) is 203 Å². The molecule has 0 N–H and O–H groups in total. The fourth-order valence-corrected chi connectivity index (χ4v) is 20.4. The zero-order valence-corrected chi connectivity index (χ0v) is 70.8. The van der Waals surface area contributed by atoms with Crippen molar-refractivity contribution in [2.75, 3.05) is 0 Å². The molecule has 0 saturated carbocycles. The van der Waals surface area contributed by atoms with Crippen molar-refractivity contribution in [2.45, 2.75) is 41.5 Å². The second kappa shape index (κ2) is 28.3. The number of fused-ring (bicyclic) bond motifs is 27. The quantitative estimate of drug-likeness (QED) is 0.154. The predicted molar refractivity (Wildman–Crippen MR) is 530 cm³/mol. The molecule has 0 aliphatic rings. The van der Waals surface area contributed by atoms with E-state index in [0.29, 0.717) is 33.8 Å². The summed E-state index contributed by atoms with van der Waals surface area (Å²) in [6.45, 7) is 36.7. The zero-order valence-electron chi connectivity index (χ0n) is 70.8. The lowest BCUT2D eigenvalue weighted by molar-refractivity contribution is 0.667. The van der Waals surface area contributed by atoms with E-state index in [1.54, 1.807) is 0 Å². The van der Waals surface area contributed by atoms with Crippen LogP contribution in [0.5, 0.6) is 0 Å². The average molecular weight is 1660 g/mol. The van der Waals surface area contributed by atoms with Gasteiger partial charge in [-0.3, -0.25) is 0 Å². The maximum absolute atomic E-state index is 7.97. The molecule has 12 nitrogen and oxygen atoms in total. The molecular formula is C117H72N6O6. The van der Waals surface area contributed by atoms with Gasteiger partial charge in [-0.15, -0.1) is 0 Å². The summed E-state index contributed by atoms with van der Waals surface area (Å²) in [6.07, 6.45) is 0. The molecule has 0 atom stereocenters. The molecule has 18 aromatic carbocycles. The summed E-state index contributed by atoms with van der Waals surface area (Å²) in [6, 6.07) is 114. The van der Waals surface area contributed by atoms with Crippen molar-refractivity contribution in [3.05, 3.63) is 395 Å². The van der Waals surface area contributed by atoms with Crippen molar-refractivity contribution in [3.8, 4) is 50.4 Å². The molecule has 12 heteroatoms. The molecular weight excluding hydrogens is 1590 g/mol. The molecule has 27 rings (SSSR count). The Morgan fingerprint density at radius 3 is 0.915 bits per heavy atom. The van der Waals surface area contributed by atoms with Gasteiger partial charge in [0.25, 0.3) is 0 Å². The summed E-state index contributed by atoms with van der Waals surface area (Å²) in [5.74, 6) is 0. The van der Waals surface area contributed by atoms with Crippen LogP contribution in [-0.2, 0) is 0 Å². The van der Waals surface area contributed by atoms with Gasteiger partial charge in [0, 0.05) is 103 Å². The van der Waals surface area contributed by atoms with Crippen LogP contribution in [0.2, 0.25) is 0 Å². The van der Waals surface area contributed by atoms with E-state index in [-0.39, 0.29) is 0 Å². The van der Waals surface area contributed by atoms with Crippen LogP contribution >= 0.6 is 0 Å². The Balaban J connectivity index is 0.000000105. The van der Waals surface area contributed by atoms with E-state index in [1.165, 1.54) is 65.7 Å². The van der Waals surface area contributed by atoms with E-state index in [9.17, 15) is 0 Å². The number of furan rings is 6. The van der Waals surface area contributed by atoms with E-state index in [2.05, 4.69) is 300 Å². The Bertz CT molecular complexity index is 9540. The molecule has 0 spiro atoms. The number of benzene rings is 18. The highest BCUT2D eigenvalue weighted by Crippen LogP contribution is 2.52. The minimum atomic E-state index is 0.492. The molecule has 9 aromatic heterocycles. The summed E-state index contributed by atoms with van der Waals surface area (Å²) in [5, 5.41) is 19.5. The molecule has 0 saturated heterocycles. The van der Waals surface area contributed by atoms with E-state index in [0.717, 1.165) is 198 Å². The number of aryl methyl sites for hydroxylation is 6. The van der Waals surface area contributed by atoms with Crippen molar-refractivity contribution in [3.63, 3.8) is 0 Å². The summed E-state index contributed by atoms with van der Waals surface area (Å²) in [4.78, 5) is 11.6. The summed E-state index contributed by atoms with van der Waals surface area (Å²) >= 11 is 0. The van der Waals surface area contributed by atoms with Crippen molar-refractivity contribution in [1.82, 2.24) is 13.7 Å². The van der Waals surface area contributed by atoms with E-state index < -0.39 is 0 Å². The van der Waals surface area contributed by atoms with Crippen molar-refractivity contribution in [2.24, 2.45) is 0 Å². The second-order valence-corrected chi connectivity index (χ2v) is 34.1. The minimum Gasteiger partial charge on any atom is -0.465 e. The Morgan fingerprint density at radius 2 is 0.504 bits per heavy atom. The highest BCUT2D eigenvalue weighted by Gasteiger charge is 2.28. The van der Waals surface area contributed by atoms with Crippen molar-refractivity contribution in [1.29, 1.82) is 0 Å². The van der Waals surface area contributed by atoms with Crippen LogP contribution in [0.4, 0.5) is 17.1 Å². The molecule has 0 aliphatic heterocycles. The first-order valence-corrected chi connectivity index (χ1v) is 43.1. The lowest BCUT2D eigenvalue weighted by Gasteiger charge is -2.09. The number of aromatic nitrogens is 3. The summed E-state index contributed by atoms with van der Waals surface area (Å²) < 4.78 is 45.8. The summed E-state index contributed by atoms with van der Waals surface area (Å²) in [7, 11) is 0. The molecule has 0 amide bonds. The Morgan fingerprint density at radius 1 is 0.194 bits per heavy atom. The smallest absolute Gasteiger partial charge is 0.229 e. The number of hydrogen-bond acceptors (Lipinski definition) is 6. The van der Waals surface area contributed by atoms with Crippen LogP contribution in [0.3, 0.4) is 0 Å². The molecule has 606 valence electrons. The molecule has 27 aromatic rings. The third kappa shape index (κ3) is 11.3. The molecule has 129 heavy (non-hydrogen) atoms. The number of nitrogens with zero attached hydrogens (tertiary/aromatic N) is 6. The van der Waals surface area contributed by atoms with Crippen LogP contribution in [-0.4, -0.2) is 13.7 Å². The number of rotatable bonds is 6. The van der Waals surface area contributed by atoms with Crippen molar-refractivity contribution >= 4 is 214 Å². The SMILES string of the molecule is [C-]#[N+]c1ccc(-c2ccc3c(c2)oc2ccccc23)c2c1oc1c(-n3c4ccc(C)cc4c4cc(C)ccc43)cccc12.[C-]#[N+]c1ccc(-c2ccc3oc4ccccc4c3c2)c2c1oc1c(-n3c4ccc(C)cc4c4cc(C)ccc43)cccc12.[C-]#[N+]c1ccc(-c2cccc3c2oc2ccccc23)c2c1oc1c(-n3c4ccc(C)cc4c4cc(C)ccc43)cccc12. The van der Waals surface area contributed by atoms with Crippen LogP contribution in [0.15, 0.2) is 354 Å². The van der Waals surface area contributed by atoms with Crippen LogP contribution in [0.25, 0.3) is 262 Å². The lowest BCUT2D eigenvalue weighted by Crippen LogP contribution is -1.94. The van der Waals surface area contributed by atoms with Gasteiger partial charge in [-0.25, -0.2) is 14.5 Å². The fourth-order valence-electron chi connectivity index (χ4n) is 20.4. The molecule has 0 bridgehead atoms. The Kier molecular flexibility index (Phi) is 16.3. The highest BCUT2D eigenvalue weighted by molar-refractivity contribution is 6.25. The zero-order chi connectivity index (χ0) is 86.5. The van der Waals surface area contributed by atoms with Gasteiger partial charge >= 0.3 is 0 Å². The monoisotopic (exact) mass is 1660 g/mol. The van der Waals surface area contributed by atoms with E-state index in [4.69, 9.17) is 46.2 Å². The Labute approximate surface area is 736 Å². The number of hydrogen-bond donors (Lipinski definition) is 0. The standard InChI is InChI=1S/3C39H24N2O2/c1-22-14-18-32-29(20-22)30-21-23(2)15-19-33(30)41(32)34-12-7-11-28-36-25(16-17-31(40-3)39(36)43-38(28)34)27-10-6-9-26-24-8-4-5-13-35(24)42-37(26)27;1-22-11-16-32-28(19-22)29-20-23(2)12-17-33(29)41(32)34-9-6-8-27-37-25(14-15-31(40-3)39(37)43-38(27)34)24-13-18-36-30(21-24)26-7-4-5-10-35(26)42-36;1-22-11-17-32-29(19-22)30-20-23(2)12-18-33(30)41(32)34-9-6-8-28-37-25(15-16-31(40-3)39(37)43-38(28)34)24-13-14-27-26-7-4-5-10-35(26)42-36(27)21-24/h3*4-21H,1-2H3. The molecule has 9 heterocycles. The average Bonchev–Trinajstić information content (AvgIpc) is 1.57. The fraction of sp³-hybridized carbons (Fsp3) is 0.0513. The van der Waals surface area contributed by atoms with Gasteiger partial charge in [-0.1, -0.05) is 228 Å². The molecule has 0 aliphatic carbocycles. The summed E-state index contributed by atoms with van der Waals surface area (Å²) in [5.41, 5.74) is 33.7. The minimum absolute atomic E-state index is 0.492. The van der Waals surface area contributed by atoms with Crippen LogP contribution < -0.4 is 0 Å². The third-order valence-electron chi connectivity index (χ3n) is 26.2.